The van der Waals surface area contributed by atoms with E-state index in [0.29, 0.717) is 25.7 Å². The minimum absolute atomic E-state index is 0.238. The highest BCUT2D eigenvalue weighted by atomic mass is 35.5. The third-order valence-corrected chi connectivity index (χ3v) is 5.67. The lowest BCUT2D eigenvalue weighted by Gasteiger charge is -2.10. The molecule has 0 aliphatic rings. The molecule has 8 heteroatoms. The van der Waals surface area contributed by atoms with Crippen LogP contribution in [-0.4, -0.2) is 21.7 Å². The van der Waals surface area contributed by atoms with Gasteiger partial charge in [0.15, 0.2) is 0 Å². The van der Waals surface area contributed by atoms with Crippen molar-refractivity contribution in [2.24, 2.45) is 7.05 Å². The van der Waals surface area contributed by atoms with Gasteiger partial charge in [-0.1, -0.05) is 23.7 Å². The lowest BCUT2D eigenvalue weighted by atomic mass is 10.2. The van der Waals surface area contributed by atoms with E-state index in [1.165, 1.54) is 11.6 Å². The van der Waals surface area contributed by atoms with Gasteiger partial charge in [-0.3, -0.25) is 13.9 Å². The van der Waals surface area contributed by atoms with E-state index in [0.717, 1.165) is 21.5 Å². The number of hydrogen-bond donors (Lipinski definition) is 0. The third-order valence-electron chi connectivity index (χ3n) is 4.12. The van der Waals surface area contributed by atoms with E-state index >= 15 is 0 Å². The maximum Gasteiger partial charge on any atom is 0.348 e. The monoisotopic (exact) mass is 392 g/mol. The molecule has 0 fully saturated rings. The maximum absolute atomic E-state index is 12.7. The van der Waals surface area contributed by atoms with Crippen LogP contribution >= 0.6 is 22.9 Å². The number of nitrogens with zero attached hydrogens (tertiary/aromatic N) is 2. The second kappa shape index (κ2) is 7.09. The van der Waals surface area contributed by atoms with Crippen LogP contribution in [0.25, 0.3) is 10.2 Å². The number of aromatic nitrogens is 2. The smallest absolute Gasteiger partial charge is 0.348 e. The minimum Gasteiger partial charge on any atom is -0.462 e. The normalized spacial score (nSPS) is 11.1. The van der Waals surface area contributed by atoms with E-state index in [4.69, 9.17) is 16.3 Å². The molecule has 0 N–H and O–H groups in total. The van der Waals surface area contributed by atoms with Gasteiger partial charge in [-0.05, 0) is 37.1 Å². The van der Waals surface area contributed by atoms with Crippen LogP contribution in [0.2, 0.25) is 5.02 Å². The van der Waals surface area contributed by atoms with Crippen LogP contribution in [0.15, 0.2) is 33.9 Å². The van der Waals surface area contributed by atoms with Gasteiger partial charge < -0.3 is 4.74 Å². The number of aryl methyl sites for hydroxylation is 1. The molecular formula is C18H17ClN2O4S. The summed E-state index contributed by atoms with van der Waals surface area (Å²) in [4.78, 5) is 38.3. The average molecular weight is 393 g/mol. The highest BCUT2D eigenvalue weighted by Crippen LogP contribution is 2.29. The van der Waals surface area contributed by atoms with Crippen LogP contribution in [0.1, 0.15) is 27.7 Å². The van der Waals surface area contributed by atoms with Crippen molar-refractivity contribution < 1.29 is 9.53 Å². The zero-order valence-corrected chi connectivity index (χ0v) is 16.1. The lowest BCUT2D eigenvalue weighted by Crippen LogP contribution is -2.38. The van der Waals surface area contributed by atoms with Crippen LogP contribution in [0, 0.1) is 6.92 Å². The van der Waals surface area contributed by atoms with E-state index in [1.807, 2.05) is 12.1 Å². The molecule has 0 saturated heterocycles. The molecule has 136 valence electrons. The van der Waals surface area contributed by atoms with Gasteiger partial charge in [-0.15, -0.1) is 11.3 Å². The number of carbonyl (C=O) groups excluding carboxylic acids is 1. The summed E-state index contributed by atoms with van der Waals surface area (Å²) in [6.07, 6.45) is 0. The number of esters is 1. The summed E-state index contributed by atoms with van der Waals surface area (Å²) in [6.45, 7) is 3.92. The second-order valence-electron chi connectivity index (χ2n) is 5.82. The maximum atomic E-state index is 12.7. The zero-order chi connectivity index (χ0) is 19.0. The van der Waals surface area contributed by atoms with Crippen molar-refractivity contribution in [1.29, 1.82) is 0 Å². The molecule has 0 radical (unpaired) electrons. The number of benzene rings is 1. The van der Waals surface area contributed by atoms with Crippen molar-refractivity contribution in [3.63, 3.8) is 0 Å². The molecule has 0 amide bonds. The summed E-state index contributed by atoms with van der Waals surface area (Å²) < 4.78 is 7.63. The fourth-order valence-corrected chi connectivity index (χ4v) is 4.08. The summed E-state index contributed by atoms with van der Waals surface area (Å²) in [5.74, 6) is -0.487. The Morgan fingerprint density at radius 2 is 1.88 bits per heavy atom. The summed E-state index contributed by atoms with van der Waals surface area (Å²) in [5, 5.41) is 0.970. The molecule has 0 aliphatic carbocycles. The number of rotatable bonds is 4. The number of halogens is 1. The van der Waals surface area contributed by atoms with Gasteiger partial charge in [-0.2, -0.15) is 0 Å². The first-order valence-corrected chi connectivity index (χ1v) is 9.19. The van der Waals surface area contributed by atoms with Gasteiger partial charge in [0, 0.05) is 12.1 Å². The average Bonchev–Trinajstić information content (AvgIpc) is 2.96. The van der Waals surface area contributed by atoms with E-state index in [9.17, 15) is 14.4 Å². The fraction of sp³-hybridized carbons (Fsp3) is 0.278. The fourth-order valence-electron chi connectivity index (χ4n) is 2.77. The number of thiophene rings is 1. The van der Waals surface area contributed by atoms with Crippen molar-refractivity contribution in [3.05, 3.63) is 66.1 Å². The Morgan fingerprint density at radius 1 is 1.23 bits per heavy atom. The van der Waals surface area contributed by atoms with Crippen LogP contribution < -0.4 is 11.2 Å². The van der Waals surface area contributed by atoms with Crippen molar-refractivity contribution in [1.82, 2.24) is 9.13 Å². The topological polar surface area (TPSA) is 70.3 Å². The lowest BCUT2D eigenvalue weighted by molar-refractivity contribution is 0.0531. The van der Waals surface area contributed by atoms with Gasteiger partial charge >= 0.3 is 11.7 Å². The van der Waals surface area contributed by atoms with Gasteiger partial charge in [0.05, 0.1) is 18.5 Å². The van der Waals surface area contributed by atoms with Gasteiger partial charge in [-0.25, -0.2) is 9.59 Å². The highest BCUT2D eigenvalue weighted by Gasteiger charge is 2.23. The molecule has 0 unspecified atom stereocenters. The zero-order valence-electron chi connectivity index (χ0n) is 14.5. The van der Waals surface area contributed by atoms with E-state index < -0.39 is 17.2 Å². The predicted molar refractivity (Wildman–Crippen MR) is 103 cm³/mol. The van der Waals surface area contributed by atoms with Crippen LogP contribution in [-0.2, 0) is 18.3 Å². The van der Waals surface area contributed by atoms with E-state index in [-0.39, 0.29) is 13.2 Å². The molecule has 0 aliphatic heterocycles. The molecule has 26 heavy (non-hydrogen) atoms. The third kappa shape index (κ3) is 3.08. The Labute approximate surface area is 158 Å². The molecule has 0 saturated carbocycles. The van der Waals surface area contributed by atoms with Crippen molar-refractivity contribution in [3.8, 4) is 0 Å². The van der Waals surface area contributed by atoms with Crippen LogP contribution in [0.3, 0.4) is 0 Å². The number of ether oxygens (including phenoxy) is 1. The van der Waals surface area contributed by atoms with Gasteiger partial charge in [0.2, 0.25) is 0 Å². The molecule has 0 spiro atoms. The largest absolute Gasteiger partial charge is 0.462 e. The number of fused-ring (bicyclic) bond motifs is 1. The molecule has 2 heterocycles. The van der Waals surface area contributed by atoms with E-state index in [2.05, 4.69) is 0 Å². The number of hydrogen-bond acceptors (Lipinski definition) is 5. The summed E-state index contributed by atoms with van der Waals surface area (Å²) in [7, 11) is 1.43. The Morgan fingerprint density at radius 3 is 2.50 bits per heavy atom. The van der Waals surface area contributed by atoms with E-state index in [1.54, 1.807) is 26.0 Å². The molecule has 3 rings (SSSR count). The summed E-state index contributed by atoms with van der Waals surface area (Å²) in [6, 6.07) is 7.12. The second-order valence-corrected chi connectivity index (χ2v) is 7.25. The van der Waals surface area contributed by atoms with Crippen molar-refractivity contribution in [2.45, 2.75) is 20.4 Å². The first kappa shape index (κ1) is 18.4. The Kier molecular flexibility index (Phi) is 5.02. The Bertz CT molecular complexity index is 1110. The molecule has 6 nitrogen and oxygen atoms in total. The summed E-state index contributed by atoms with van der Waals surface area (Å²) in [5.41, 5.74) is 0.546. The molecule has 1 aromatic carbocycles. The SMILES string of the molecule is CCOC(=O)c1sc2c(c1C)c(=O)n(C)c(=O)n2Cc1ccc(Cl)cc1. The minimum atomic E-state index is -0.487. The van der Waals surface area contributed by atoms with Crippen molar-refractivity contribution in [2.75, 3.05) is 6.61 Å². The standard InChI is InChI=1S/C18H17ClN2O4S/c1-4-25-17(23)14-10(2)13-15(22)20(3)18(24)21(16(13)26-14)9-11-5-7-12(19)8-6-11/h5-8H,4,9H2,1-3H3. The number of carbonyl (C=O) groups is 1. The molecule has 0 bridgehead atoms. The quantitative estimate of drug-likeness (QED) is 0.640. The first-order valence-electron chi connectivity index (χ1n) is 7.99. The summed E-state index contributed by atoms with van der Waals surface area (Å²) >= 11 is 7.02. The molecule has 3 aromatic rings. The van der Waals surface area contributed by atoms with Crippen LogP contribution in [0.5, 0.6) is 0 Å². The Hall–Kier alpha value is -2.38. The Balaban J connectivity index is 2.26. The molecule has 2 aromatic heterocycles. The van der Waals surface area contributed by atoms with Gasteiger partial charge in [0.25, 0.3) is 5.56 Å². The highest BCUT2D eigenvalue weighted by molar-refractivity contribution is 7.20. The van der Waals surface area contributed by atoms with Gasteiger partial charge in [0.1, 0.15) is 9.71 Å². The molecular weight excluding hydrogens is 376 g/mol. The predicted octanol–water partition coefficient (Wildman–Crippen LogP) is 2.95. The first-order chi connectivity index (χ1) is 12.3. The molecule has 0 atom stereocenters. The van der Waals surface area contributed by atoms with Crippen molar-refractivity contribution >= 4 is 39.1 Å². The van der Waals surface area contributed by atoms with Crippen LogP contribution in [0.4, 0.5) is 0 Å².